The van der Waals surface area contributed by atoms with Crippen LogP contribution in [0.25, 0.3) is 0 Å². The first-order chi connectivity index (χ1) is 3.97. The van der Waals surface area contributed by atoms with Crippen LogP contribution in [-0.4, -0.2) is 9.97 Å². The molecule has 1 aliphatic rings. The second-order valence-corrected chi connectivity index (χ2v) is 1.93. The number of imidazole rings is 1. The molecule has 1 aromatic rings. The molecule has 0 aliphatic carbocycles. The second-order valence-electron chi connectivity index (χ2n) is 1.93. The lowest BCUT2D eigenvalue weighted by molar-refractivity contribution is 0.743. The zero-order chi connectivity index (χ0) is 5.40. The van der Waals surface area contributed by atoms with E-state index in [0.29, 0.717) is 0 Å². The van der Waals surface area contributed by atoms with Gasteiger partial charge in [0.15, 0.2) is 0 Å². The molecule has 0 aromatic carbocycles. The summed E-state index contributed by atoms with van der Waals surface area (Å²) in [5.74, 6) is 0. The van der Waals surface area contributed by atoms with Crippen LogP contribution in [0.1, 0.15) is 11.4 Å². The van der Waals surface area contributed by atoms with Gasteiger partial charge in [0.05, 0.1) is 17.7 Å². The summed E-state index contributed by atoms with van der Waals surface area (Å²) in [4.78, 5) is 7.12. The van der Waals surface area contributed by atoms with Crippen LogP contribution in [0.5, 0.6) is 0 Å². The summed E-state index contributed by atoms with van der Waals surface area (Å²) in [6, 6.07) is 0. The molecule has 0 fully saturated rings. The minimum Gasteiger partial charge on any atom is -0.347 e. The lowest BCUT2D eigenvalue weighted by atomic mass is 10.4. The first-order valence-corrected chi connectivity index (χ1v) is 2.68. The molecule has 0 bridgehead atoms. The molecule has 0 amide bonds. The van der Waals surface area contributed by atoms with Crippen molar-refractivity contribution in [2.45, 2.75) is 13.1 Å². The van der Waals surface area contributed by atoms with Crippen molar-refractivity contribution in [1.82, 2.24) is 15.3 Å². The molecule has 3 nitrogen and oxygen atoms in total. The van der Waals surface area contributed by atoms with Crippen molar-refractivity contribution in [2.75, 3.05) is 0 Å². The summed E-state index contributed by atoms with van der Waals surface area (Å²) in [6.07, 6.45) is 1.74. The third-order valence-corrected chi connectivity index (χ3v) is 1.40. The molecule has 0 saturated carbocycles. The van der Waals surface area contributed by atoms with Crippen LogP contribution in [0.2, 0.25) is 0 Å². The standard InChI is InChI=1S/C5H7N3/c1-4-5(2-6-1)8-3-7-4/h3,6H,1-2H2,(H,7,8). The maximum absolute atomic E-state index is 4.08. The molecule has 8 heavy (non-hydrogen) atoms. The van der Waals surface area contributed by atoms with Crippen molar-refractivity contribution in [1.29, 1.82) is 0 Å². The maximum atomic E-state index is 4.08. The Balaban J connectivity index is 2.54. The lowest BCUT2D eigenvalue weighted by Gasteiger charge is -1.82. The fourth-order valence-corrected chi connectivity index (χ4v) is 0.961. The minimum absolute atomic E-state index is 0.929. The lowest BCUT2D eigenvalue weighted by Crippen LogP contribution is -2.01. The third kappa shape index (κ3) is 0.391. The molecule has 0 radical (unpaired) electrons. The van der Waals surface area contributed by atoms with Crippen LogP contribution < -0.4 is 5.32 Å². The SMILES string of the molecule is c1nc2c([nH]1)CNC2. The quantitative estimate of drug-likeness (QED) is 0.493. The molecule has 0 spiro atoms. The fourth-order valence-electron chi connectivity index (χ4n) is 0.961. The number of nitrogens with one attached hydrogen (secondary N) is 2. The van der Waals surface area contributed by atoms with Gasteiger partial charge in [-0.15, -0.1) is 0 Å². The van der Waals surface area contributed by atoms with E-state index in [9.17, 15) is 0 Å². The highest BCUT2D eigenvalue weighted by molar-refractivity contribution is 5.14. The van der Waals surface area contributed by atoms with Crippen molar-refractivity contribution in [3.05, 3.63) is 17.7 Å². The highest BCUT2D eigenvalue weighted by Gasteiger charge is 2.10. The maximum Gasteiger partial charge on any atom is 0.0926 e. The van der Waals surface area contributed by atoms with Gasteiger partial charge in [-0.3, -0.25) is 0 Å². The molecular formula is C5H7N3. The predicted molar refractivity (Wildman–Crippen MR) is 29.1 cm³/mol. The summed E-state index contributed by atoms with van der Waals surface area (Å²) in [7, 11) is 0. The van der Waals surface area contributed by atoms with Crippen LogP contribution in [0, 0.1) is 0 Å². The van der Waals surface area contributed by atoms with E-state index in [1.54, 1.807) is 6.33 Å². The summed E-state index contributed by atoms with van der Waals surface area (Å²) < 4.78 is 0. The number of fused-ring (bicyclic) bond motifs is 1. The Morgan fingerprint density at radius 1 is 1.50 bits per heavy atom. The van der Waals surface area contributed by atoms with Crippen LogP contribution in [0.15, 0.2) is 6.33 Å². The zero-order valence-corrected chi connectivity index (χ0v) is 4.44. The number of aromatic nitrogens is 2. The van der Waals surface area contributed by atoms with Crippen molar-refractivity contribution >= 4 is 0 Å². The Labute approximate surface area is 47.1 Å². The van der Waals surface area contributed by atoms with E-state index < -0.39 is 0 Å². The Bertz CT molecular complexity index is 173. The van der Waals surface area contributed by atoms with Crippen LogP contribution in [-0.2, 0) is 13.1 Å². The molecule has 2 rings (SSSR count). The first-order valence-electron chi connectivity index (χ1n) is 2.68. The molecule has 2 heterocycles. The minimum atomic E-state index is 0.929. The van der Waals surface area contributed by atoms with E-state index in [0.717, 1.165) is 13.1 Å². The smallest absolute Gasteiger partial charge is 0.0926 e. The largest absolute Gasteiger partial charge is 0.347 e. The van der Waals surface area contributed by atoms with Crippen molar-refractivity contribution in [2.24, 2.45) is 0 Å². The van der Waals surface area contributed by atoms with E-state index in [1.165, 1.54) is 11.4 Å². The highest BCUT2D eigenvalue weighted by atomic mass is 15.0. The molecule has 0 unspecified atom stereocenters. The van der Waals surface area contributed by atoms with Gasteiger partial charge >= 0.3 is 0 Å². The number of hydrogen-bond donors (Lipinski definition) is 2. The van der Waals surface area contributed by atoms with Crippen molar-refractivity contribution in [3.8, 4) is 0 Å². The number of rotatable bonds is 0. The van der Waals surface area contributed by atoms with Crippen molar-refractivity contribution in [3.63, 3.8) is 0 Å². The molecule has 0 atom stereocenters. The fraction of sp³-hybridized carbons (Fsp3) is 0.400. The van der Waals surface area contributed by atoms with Gasteiger partial charge in [-0.2, -0.15) is 0 Å². The molecule has 0 saturated heterocycles. The predicted octanol–water partition coefficient (Wildman–Crippen LogP) is 0.0129. The van der Waals surface area contributed by atoms with Gasteiger partial charge in [0.1, 0.15) is 0 Å². The molecule has 2 N–H and O–H groups in total. The summed E-state index contributed by atoms with van der Waals surface area (Å²) in [5, 5.41) is 3.17. The van der Waals surface area contributed by atoms with Crippen LogP contribution in [0.3, 0.4) is 0 Å². The topological polar surface area (TPSA) is 40.7 Å². The van der Waals surface area contributed by atoms with Crippen LogP contribution in [0.4, 0.5) is 0 Å². The molecule has 42 valence electrons. The number of hydrogen-bond acceptors (Lipinski definition) is 2. The van der Waals surface area contributed by atoms with Crippen LogP contribution >= 0.6 is 0 Å². The van der Waals surface area contributed by atoms with Gasteiger partial charge in [-0.05, 0) is 0 Å². The molecule has 1 aliphatic heterocycles. The van der Waals surface area contributed by atoms with E-state index in [-0.39, 0.29) is 0 Å². The van der Waals surface area contributed by atoms with E-state index in [1.807, 2.05) is 0 Å². The summed E-state index contributed by atoms with van der Waals surface area (Å²) in [6.45, 7) is 1.88. The van der Waals surface area contributed by atoms with E-state index in [4.69, 9.17) is 0 Å². The normalized spacial score (nSPS) is 16.5. The van der Waals surface area contributed by atoms with Crippen molar-refractivity contribution < 1.29 is 0 Å². The van der Waals surface area contributed by atoms with E-state index >= 15 is 0 Å². The average molecular weight is 109 g/mol. The number of aromatic amines is 1. The number of nitrogens with zero attached hydrogens (tertiary/aromatic N) is 1. The van der Waals surface area contributed by atoms with Gasteiger partial charge in [0.25, 0.3) is 0 Å². The van der Waals surface area contributed by atoms with Gasteiger partial charge in [0.2, 0.25) is 0 Å². The Hall–Kier alpha value is -0.830. The second kappa shape index (κ2) is 1.32. The molecule has 1 aromatic heterocycles. The average Bonchev–Trinajstić information content (AvgIpc) is 2.15. The van der Waals surface area contributed by atoms with Gasteiger partial charge in [-0.25, -0.2) is 4.98 Å². The summed E-state index contributed by atoms with van der Waals surface area (Å²) in [5.41, 5.74) is 2.41. The molecule has 3 heteroatoms. The number of H-pyrrole nitrogens is 1. The Morgan fingerprint density at radius 3 is 3.38 bits per heavy atom. The molecular weight excluding hydrogens is 102 g/mol. The summed E-state index contributed by atoms with van der Waals surface area (Å²) >= 11 is 0. The Morgan fingerprint density at radius 2 is 2.50 bits per heavy atom. The monoisotopic (exact) mass is 109 g/mol. The van der Waals surface area contributed by atoms with E-state index in [2.05, 4.69) is 15.3 Å². The van der Waals surface area contributed by atoms with Gasteiger partial charge < -0.3 is 10.3 Å². The first kappa shape index (κ1) is 4.09. The van der Waals surface area contributed by atoms with Gasteiger partial charge in [-0.1, -0.05) is 0 Å². The third-order valence-electron chi connectivity index (χ3n) is 1.40. The highest BCUT2D eigenvalue weighted by Crippen LogP contribution is 2.07. The Kier molecular flexibility index (Phi) is 0.676. The van der Waals surface area contributed by atoms with Gasteiger partial charge in [0, 0.05) is 13.1 Å². The zero-order valence-electron chi connectivity index (χ0n) is 4.44.